The molecule has 8 heteroatoms. The molecule has 0 fully saturated rings. The molecular formula is C13H16N2O4S2. The molecule has 0 radical (unpaired) electrons. The number of aliphatic hydroxyl groups excluding tert-OH is 1. The maximum Gasteiger partial charge on any atom is 0.267 e. The van der Waals surface area contributed by atoms with Crippen LogP contribution in [0.5, 0.6) is 0 Å². The second kappa shape index (κ2) is 5.43. The highest BCUT2D eigenvalue weighted by molar-refractivity contribution is 7.93. The molecular weight excluding hydrogens is 312 g/mol. The Kier molecular flexibility index (Phi) is 3.76. The minimum atomic E-state index is -3.74. The molecule has 2 aromatic rings. The first-order valence-electron chi connectivity index (χ1n) is 6.71. The van der Waals surface area contributed by atoms with E-state index in [0.29, 0.717) is 5.13 Å². The second-order valence-electron chi connectivity index (χ2n) is 4.99. The average molecular weight is 328 g/mol. The van der Waals surface area contributed by atoms with Gasteiger partial charge in [-0.25, -0.2) is 13.4 Å². The summed E-state index contributed by atoms with van der Waals surface area (Å²) in [5.74, 6) is 0.485. The molecule has 0 saturated heterocycles. The number of hydrogen-bond donors (Lipinski definition) is 2. The van der Waals surface area contributed by atoms with Crippen LogP contribution >= 0.6 is 11.3 Å². The Morgan fingerprint density at radius 2 is 2.19 bits per heavy atom. The van der Waals surface area contributed by atoms with Crippen molar-refractivity contribution < 1.29 is 17.9 Å². The molecule has 0 unspecified atom stereocenters. The SMILES string of the molecule is Cc1oc(CO)cc1S(=O)(=O)Nc1nc2c(s1)CCCC2. The summed E-state index contributed by atoms with van der Waals surface area (Å²) in [6.45, 7) is 1.22. The number of rotatable bonds is 4. The van der Waals surface area contributed by atoms with Gasteiger partial charge in [-0.3, -0.25) is 4.72 Å². The fourth-order valence-corrected chi connectivity index (χ4v) is 4.92. The lowest BCUT2D eigenvalue weighted by molar-refractivity contribution is 0.245. The topological polar surface area (TPSA) is 92.4 Å². The quantitative estimate of drug-likeness (QED) is 0.898. The molecule has 1 aliphatic rings. The van der Waals surface area contributed by atoms with Gasteiger partial charge in [0.15, 0.2) is 5.13 Å². The lowest BCUT2D eigenvalue weighted by Crippen LogP contribution is -2.13. The van der Waals surface area contributed by atoms with Gasteiger partial charge in [-0.05, 0) is 32.6 Å². The van der Waals surface area contributed by atoms with Crippen molar-refractivity contribution in [1.82, 2.24) is 4.98 Å². The van der Waals surface area contributed by atoms with E-state index in [1.165, 1.54) is 22.3 Å². The predicted molar refractivity (Wildman–Crippen MR) is 78.9 cm³/mol. The molecule has 114 valence electrons. The van der Waals surface area contributed by atoms with E-state index in [4.69, 9.17) is 9.52 Å². The molecule has 0 amide bonds. The molecule has 3 rings (SSSR count). The van der Waals surface area contributed by atoms with E-state index in [1.807, 2.05) is 0 Å². The van der Waals surface area contributed by atoms with Crippen LogP contribution in [0.25, 0.3) is 0 Å². The van der Waals surface area contributed by atoms with Gasteiger partial charge in [-0.2, -0.15) is 0 Å². The second-order valence-corrected chi connectivity index (χ2v) is 7.73. The Hall–Kier alpha value is -1.38. The van der Waals surface area contributed by atoms with Crippen LogP contribution in [-0.2, 0) is 29.5 Å². The number of thiazole rings is 1. The summed E-state index contributed by atoms with van der Waals surface area (Å²) >= 11 is 1.39. The maximum absolute atomic E-state index is 12.4. The van der Waals surface area contributed by atoms with Gasteiger partial charge in [-0.1, -0.05) is 0 Å². The average Bonchev–Trinajstić information content (AvgIpc) is 3.00. The van der Waals surface area contributed by atoms with E-state index >= 15 is 0 Å². The molecule has 0 bridgehead atoms. The Morgan fingerprint density at radius 3 is 2.86 bits per heavy atom. The number of fused-ring (bicyclic) bond motifs is 1. The third-order valence-corrected chi connectivity index (χ3v) is 6.08. The summed E-state index contributed by atoms with van der Waals surface area (Å²) in [4.78, 5) is 5.57. The number of sulfonamides is 1. The van der Waals surface area contributed by atoms with Gasteiger partial charge in [-0.15, -0.1) is 11.3 Å². The molecule has 21 heavy (non-hydrogen) atoms. The van der Waals surface area contributed by atoms with Crippen molar-refractivity contribution in [2.75, 3.05) is 4.72 Å². The van der Waals surface area contributed by atoms with Crippen molar-refractivity contribution in [1.29, 1.82) is 0 Å². The molecule has 1 aliphatic carbocycles. The van der Waals surface area contributed by atoms with Gasteiger partial charge in [0.2, 0.25) is 0 Å². The van der Waals surface area contributed by atoms with Crippen LogP contribution in [0, 0.1) is 6.92 Å². The fourth-order valence-electron chi connectivity index (χ4n) is 2.43. The Labute approximate surface area is 126 Å². The Balaban J connectivity index is 1.88. The van der Waals surface area contributed by atoms with Crippen LogP contribution in [0.1, 0.15) is 34.9 Å². The summed E-state index contributed by atoms with van der Waals surface area (Å²) in [6.07, 6.45) is 4.10. The zero-order valence-electron chi connectivity index (χ0n) is 11.5. The van der Waals surface area contributed by atoms with E-state index in [2.05, 4.69) is 9.71 Å². The molecule has 2 heterocycles. The molecule has 2 N–H and O–H groups in total. The largest absolute Gasteiger partial charge is 0.462 e. The molecule has 6 nitrogen and oxygen atoms in total. The number of anilines is 1. The van der Waals surface area contributed by atoms with Crippen molar-refractivity contribution >= 4 is 26.5 Å². The summed E-state index contributed by atoms with van der Waals surface area (Å²) in [7, 11) is -3.74. The lowest BCUT2D eigenvalue weighted by atomic mass is 10.0. The van der Waals surface area contributed by atoms with Crippen molar-refractivity contribution in [3.63, 3.8) is 0 Å². The lowest BCUT2D eigenvalue weighted by Gasteiger charge is -2.06. The van der Waals surface area contributed by atoms with Crippen LogP contribution in [0.15, 0.2) is 15.4 Å². The molecule has 0 spiro atoms. The highest BCUT2D eigenvalue weighted by Crippen LogP contribution is 2.31. The fraction of sp³-hybridized carbons (Fsp3) is 0.462. The van der Waals surface area contributed by atoms with E-state index in [-0.39, 0.29) is 23.0 Å². The highest BCUT2D eigenvalue weighted by Gasteiger charge is 2.24. The first-order valence-corrected chi connectivity index (χ1v) is 9.01. The van der Waals surface area contributed by atoms with Crippen LogP contribution in [-0.4, -0.2) is 18.5 Å². The van der Waals surface area contributed by atoms with Gasteiger partial charge in [0.1, 0.15) is 23.0 Å². The van der Waals surface area contributed by atoms with E-state index < -0.39 is 10.0 Å². The van der Waals surface area contributed by atoms with Crippen molar-refractivity contribution in [3.05, 3.63) is 28.2 Å². The van der Waals surface area contributed by atoms with Crippen LogP contribution in [0.2, 0.25) is 0 Å². The number of aromatic nitrogens is 1. The Morgan fingerprint density at radius 1 is 1.43 bits per heavy atom. The summed E-state index contributed by atoms with van der Waals surface area (Å²) in [6, 6.07) is 1.34. The number of aryl methyl sites for hydroxylation is 3. The number of hydrogen-bond acceptors (Lipinski definition) is 6. The molecule has 0 atom stereocenters. The van der Waals surface area contributed by atoms with Crippen molar-refractivity contribution in [3.8, 4) is 0 Å². The van der Waals surface area contributed by atoms with Gasteiger partial charge < -0.3 is 9.52 Å². The predicted octanol–water partition coefficient (Wildman–Crippen LogP) is 2.22. The monoisotopic (exact) mass is 328 g/mol. The minimum absolute atomic E-state index is 0.0414. The van der Waals surface area contributed by atoms with Crippen LogP contribution in [0.3, 0.4) is 0 Å². The van der Waals surface area contributed by atoms with E-state index in [1.54, 1.807) is 6.92 Å². The zero-order chi connectivity index (χ0) is 15.0. The maximum atomic E-state index is 12.4. The summed E-state index contributed by atoms with van der Waals surface area (Å²) in [5, 5.41) is 9.42. The number of nitrogens with zero attached hydrogens (tertiary/aromatic N) is 1. The van der Waals surface area contributed by atoms with Gasteiger partial charge in [0.05, 0.1) is 5.69 Å². The van der Waals surface area contributed by atoms with Crippen LogP contribution in [0.4, 0.5) is 5.13 Å². The standard InChI is InChI=1S/C13H16N2O4S2/c1-8-12(6-9(7-16)19-8)21(17,18)15-13-14-10-4-2-3-5-11(10)20-13/h6,16H,2-5,7H2,1H3,(H,14,15). The van der Waals surface area contributed by atoms with E-state index in [0.717, 1.165) is 31.4 Å². The molecule has 0 aromatic carbocycles. The molecule has 0 saturated carbocycles. The summed E-state index contributed by atoms with van der Waals surface area (Å²) < 4.78 is 32.4. The van der Waals surface area contributed by atoms with Gasteiger partial charge >= 0.3 is 0 Å². The smallest absolute Gasteiger partial charge is 0.267 e. The number of aliphatic hydroxyl groups is 1. The van der Waals surface area contributed by atoms with Gasteiger partial charge in [0.25, 0.3) is 10.0 Å². The third kappa shape index (κ3) is 2.83. The first-order chi connectivity index (χ1) is 9.99. The van der Waals surface area contributed by atoms with Crippen molar-refractivity contribution in [2.24, 2.45) is 0 Å². The Bertz CT molecular complexity index is 738. The summed E-state index contributed by atoms with van der Waals surface area (Å²) in [5.41, 5.74) is 1.00. The number of furan rings is 1. The number of nitrogens with one attached hydrogen (secondary N) is 1. The molecule has 0 aliphatic heterocycles. The van der Waals surface area contributed by atoms with Crippen LogP contribution < -0.4 is 4.72 Å². The first kappa shape index (κ1) is 14.6. The molecule has 2 aromatic heterocycles. The van der Waals surface area contributed by atoms with Gasteiger partial charge in [0, 0.05) is 10.9 Å². The van der Waals surface area contributed by atoms with Crippen molar-refractivity contribution in [2.45, 2.75) is 44.1 Å². The third-order valence-electron chi connectivity index (χ3n) is 3.44. The highest BCUT2D eigenvalue weighted by atomic mass is 32.2. The zero-order valence-corrected chi connectivity index (χ0v) is 13.2. The minimum Gasteiger partial charge on any atom is -0.462 e. The van der Waals surface area contributed by atoms with E-state index in [9.17, 15) is 8.42 Å². The normalized spacial score (nSPS) is 15.0.